The molecule has 58 valence electrons. The SMILES string of the molecule is C[SiH](C)OC#CC(C)(C)C. The third-order valence-electron chi connectivity index (χ3n) is 0.721. The summed E-state index contributed by atoms with van der Waals surface area (Å²) in [5, 5.41) is 0. The maximum Gasteiger partial charge on any atom is 0.244 e. The van der Waals surface area contributed by atoms with Crippen molar-refractivity contribution >= 4 is 9.04 Å². The lowest BCUT2D eigenvalue weighted by Crippen LogP contribution is -2.04. The molecule has 0 aromatic carbocycles. The molecule has 0 saturated carbocycles. The zero-order chi connectivity index (χ0) is 8.20. The summed E-state index contributed by atoms with van der Waals surface area (Å²) in [5.74, 6) is 3.02. The summed E-state index contributed by atoms with van der Waals surface area (Å²) in [4.78, 5) is 0. The predicted octanol–water partition coefficient (Wildman–Crippen LogP) is 1.99. The molecule has 2 heteroatoms. The summed E-state index contributed by atoms with van der Waals surface area (Å²) in [6.07, 6.45) is 2.74. The topological polar surface area (TPSA) is 9.23 Å². The predicted molar refractivity (Wildman–Crippen MR) is 47.2 cm³/mol. The molecule has 0 bridgehead atoms. The molecule has 0 atom stereocenters. The van der Waals surface area contributed by atoms with Crippen molar-refractivity contribution in [2.75, 3.05) is 0 Å². The summed E-state index contributed by atoms with van der Waals surface area (Å²) in [5.41, 5.74) is 0.0727. The van der Waals surface area contributed by atoms with Gasteiger partial charge < -0.3 is 4.43 Å². The highest BCUT2D eigenvalue weighted by Crippen LogP contribution is 2.09. The maximum atomic E-state index is 5.20. The van der Waals surface area contributed by atoms with Crippen LogP contribution >= 0.6 is 0 Å². The van der Waals surface area contributed by atoms with Crippen LogP contribution in [0.1, 0.15) is 20.8 Å². The van der Waals surface area contributed by atoms with Crippen LogP contribution in [0.5, 0.6) is 0 Å². The molecule has 0 radical (unpaired) electrons. The van der Waals surface area contributed by atoms with Crippen LogP contribution in [0.4, 0.5) is 0 Å². The second-order valence-corrected chi connectivity index (χ2v) is 5.98. The average Bonchev–Trinajstić information content (AvgIpc) is 1.59. The van der Waals surface area contributed by atoms with Gasteiger partial charge in [-0.1, -0.05) is 5.92 Å². The highest BCUT2D eigenvalue weighted by atomic mass is 28.3. The fourth-order valence-electron chi connectivity index (χ4n) is 0.300. The Morgan fingerprint density at radius 3 is 2.00 bits per heavy atom. The molecule has 10 heavy (non-hydrogen) atoms. The van der Waals surface area contributed by atoms with Crippen LogP contribution in [0.2, 0.25) is 13.1 Å². The minimum atomic E-state index is -0.934. The normalized spacial score (nSPS) is 10.6. The molecule has 0 spiro atoms. The van der Waals surface area contributed by atoms with Crippen LogP contribution in [-0.2, 0) is 4.43 Å². The van der Waals surface area contributed by atoms with Gasteiger partial charge in [0, 0.05) is 5.41 Å². The largest absolute Gasteiger partial charge is 0.505 e. The molecule has 0 amide bonds. The highest BCUT2D eigenvalue weighted by Gasteiger charge is 2.03. The van der Waals surface area contributed by atoms with Crippen molar-refractivity contribution in [2.45, 2.75) is 33.9 Å². The first-order chi connectivity index (χ1) is 4.42. The van der Waals surface area contributed by atoms with Crippen LogP contribution in [0.25, 0.3) is 0 Å². The summed E-state index contributed by atoms with van der Waals surface area (Å²) < 4.78 is 5.20. The first-order valence-electron chi connectivity index (χ1n) is 3.59. The molecule has 0 aliphatic carbocycles. The van der Waals surface area contributed by atoms with Crippen LogP contribution in [0.15, 0.2) is 0 Å². The Bertz CT molecular complexity index is 145. The zero-order valence-corrected chi connectivity index (χ0v) is 8.64. The van der Waals surface area contributed by atoms with Gasteiger partial charge in [0.05, 0.1) is 6.11 Å². The van der Waals surface area contributed by atoms with Gasteiger partial charge in [0.25, 0.3) is 0 Å². The van der Waals surface area contributed by atoms with Crippen LogP contribution in [-0.4, -0.2) is 9.04 Å². The van der Waals surface area contributed by atoms with Crippen LogP contribution < -0.4 is 0 Å². The standard InChI is InChI=1S/C8H16OSi/c1-8(2,3)6-7-9-10(4)5/h10H,1-5H3. The van der Waals surface area contributed by atoms with Crippen molar-refractivity contribution in [3.63, 3.8) is 0 Å². The fraction of sp³-hybridized carbons (Fsp3) is 0.750. The molecule has 0 aliphatic rings. The van der Waals surface area contributed by atoms with Crippen molar-refractivity contribution in [1.29, 1.82) is 0 Å². The van der Waals surface area contributed by atoms with E-state index in [1.807, 2.05) is 0 Å². The lowest BCUT2D eigenvalue weighted by atomic mass is 9.99. The van der Waals surface area contributed by atoms with E-state index in [2.05, 4.69) is 45.9 Å². The van der Waals surface area contributed by atoms with Crippen LogP contribution in [0.3, 0.4) is 0 Å². The lowest BCUT2D eigenvalue weighted by molar-refractivity contribution is 0.520. The highest BCUT2D eigenvalue weighted by molar-refractivity contribution is 6.48. The molecular formula is C8H16OSi. The van der Waals surface area contributed by atoms with E-state index < -0.39 is 9.04 Å². The van der Waals surface area contributed by atoms with Crippen molar-refractivity contribution < 1.29 is 4.43 Å². The second kappa shape index (κ2) is 3.67. The van der Waals surface area contributed by atoms with E-state index in [1.165, 1.54) is 0 Å². The molecule has 0 fully saturated rings. The summed E-state index contributed by atoms with van der Waals surface area (Å²) >= 11 is 0. The zero-order valence-electron chi connectivity index (χ0n) is 7.49. The van der Waals surface area contributed by atoms with Crippen molar-refractivity contribution in [3.05, 3.63) is 0 Å². The maximum absolute atomic E-state index is 5.20. The van der Waals surface area contributed by atoms with E-state index in [1.54, 1.807) is 0 Å². The first-order valence-corrected chi connectivity index (χ1v) is 6.38. The molecule has 1 nitrogen and oxygen atoms in total. The van der Waals surface area contributed by atoms with E-state index >= 15 is 0 Å². The molecule has 0 aliphatic heterocycles. The summed E-state index contributed by atoms with van der Waals surface area (Å²) in [6.45, 7) is 10.4. The van der Waals surface area contributed by atoms with Gasteiger partial charge >= 0.3 is 0 Å². The lowest BCUT2D eigenvalue weighted by Gasteiger charge is -2.06. The van der Waals surface area contributed by atoms with Gasteiger partial charge in [-0.25, -0.2) is 0 Å². The van der Waals surface area contributed by atoms with Gasteiger partial charge in [-0.15, -0.1) is 0 Å². The minimum absolute atomic E-state index is 0.0727. The van der Waals surface area contributed by atoms with E-state index in [4.69, 9.17) is 4.43 Å². The Morgan fingerprint density at radius 1 is 1.20 bits per heavy atom. The molecule has 0 aromatic heterocycles. The van der Waals surface area contributed by atoms with E-state index in [0.29, 0.717) is 0 Å². The quantitative estimate of drug-likeness (QED) is 0.417. The van der Waals surface area contributed by atoms with Crippen molar-refractivity contribution in [2.24, 2.45) is 5.41 Å². The Labute approximate surface area is 65.5 Å². The Kier molecular flexibility index (Phi) is 3.52. The molecule has 0 N–H and O–H groups in total. The molecule has 0 unspecified atom stereocenters. The van der Waals surface area contributed by atoms with Gasteiger partial charge in [0.1, 0.15) is 0 Å². The summed E-state index contributed by atoms with van der Waals surface area (Å²) in [7, 11) is -0.934. The summed E-state index contributed by atoms with van der Waals surface area (Å²) in [6, 6.07) is 0. The molecular weight excluding hydrogens is 140 g/mol. The van der Waals surface area contributed by atoms with E-state index in [-0.39, 0.29) is 5.41 Å². The smallest absolute Gasteiger partial charge is 0.244 e. The fourth-order valence-corrected chi connectivity index (χ4v) is 0.595. The van der Waals surface area contributed by atoms with Crippen LogP contribution in [0, 0.1) is 17.4 Å². The van der Waals surface area contributed by atoms with Gasteiger partial charge in [-0.2, -0.15) is 0 Å². The van der Waals surface area contributed by atoms with Gasteiger partial charge in [-0.05, 0) is 33.9 Å². The Morgan fingerprint density at radius 2 is 1.70 bits per heavy atom. The number of hydrogen-bond donors (Lipinski definition) is 0. The van der Waals surface area contributed by atoms with Crippen molar-refractivity contribution in [3.8, 4) is 12.0 Å². The molecule has 0 rings (SSSR count). The minimum Gasteiger partial charge on any atom is -0.505 e. The third kappa shape index (κ3) is 7.58. The number of hydrogen-bond acceptors (Lipinski definition) is 1. The van der Waals surface area contributed by atoms with Crippen molar-refractivity contribution in [1.82, 2.24) is 0 Å². The van der Waals surface area contributed by atoms with E-state index in [9.17, 15) is 0 Å². The third-order valence-corrected chi connectivity index (χ3v) is 1.31. The van der Waals surface area contributed by atoms with Gasteiger partial charge in [0.15, 0.2) is 0 Å². The van der Waals surface area contributed by atoms with Gasteiger partial charge in [0.2, 0.25) is 9.04 Å². The Balaban J connectivity index is 3.71. The number of rotatable bonds is 1. The molecule has 0 saturated heterocycles. The molecule has 0 aromatic rings. The second-order valence-electron chi connectivity index (χ2n) is 3.64. The average molecular weight is 156 g/mol. The molecule has 0 heterocycles. The van der Waals surface area contributed by atoms with E-state index in [0.717, 1.165) is 0 Å². The Hall–Kier alpha value is -0.423. The van der Waals surface area contributed by atoms with Gasteiger partial charge in [-0.3, -0.25) is 0 Å². The monoisotopic (exact) mass is 156 g/mol. The first kappa shape index (κ1) is 9.58.